The summed E-state index contributed by atoms with van der Waals surface area (Å²) in [5, 5.41) is 9.18. The van der Waals surface area contributed by atoms with Crippen molar-refractivity contribution in [3.05, 3.63) is 12.2 Å². The van der Waals surface area contributed by atoms with Crippen molar-refractivity contribution in [1.82, 2.24) is 9.80 Å². The number of amides is 2. The summed E-state index contributed by atoms with van der Waals surface area (Å²) in [5.41, 5.74) is 0. The van der Waals surface area contributed by atoms with Crippen LogP contribution in [0.25, 0.3) is 0 Å². The molecule has 0 aromatic heterocycles. The van der Waals surface area contributed by atoms with Gasteiger partial charge in [0.25, 0.3) is 0 Å². The molecule has 0 bridgehead atoms. The van der Waals surface area contributed by atoms with Crippen LogP contribution in [0.15, 0.2) is 12.2 Å². The molecule has 0 fully saturated rings. The zero-order valence-corrected chi connectivity index (χ0v) is 13.6. The van der Waals surface area contributed by atoms with E-state index in [0.717, 1.165) is 12.8 Å². The van der Waals surface area contributed by atoms with Crippen molar-refractivity contribution in [1.29, 1.82) is 0 Å². The van der Waals surface area contributed by atoms with Gasteiger partial charge >= 0.3 is 5.97 Å². The predicted octanol–water partition coefficient (Wildman–Crippen LogP) is 1.51. The second-order valence-electron chi connectivity index (χ2n) is 6.03. The number of carbonyl (C=O) groups excluding carboxylic acids is 2. The molecule has 1 aliphatic heterocycles. The van der Waals surface area contributed by atoms with Crippen LogP contribution in [-0.2, 0) is 14.4 Å². The molecule has 0 aromatic rings. The van der Waals surface area contributed by atoms with Crippen molar-refractivity contribution >= 4 is 17.8 Å². The first-order valence-corrected chi connectivity index (χ1v) is 7.78. The van der Waals surface area contributed by atoms with Crippen molar-refractivity contribution in [2.24, 2.45) is 5.92 Å². The van der Waals surface area contributed by atoms with E-state index in [0.29, 0.717) is 25.9 Å². The molecular formula is C16H26N2O4. The molecule has 0 saturated heterocycles. The summed E-state index contributed by atoms with van der Waals surface area (Å²) in [6.07, 6.45) is 6.19. The highest BCUT2D eigenvalue weighted by molar-refractivity contribution is 5.89. The molecule has 0 unspecified atom stereocenters. The number of carboxylic acid groups (broad SMARTS) is 1. The van der Waals surface area contributed by atoms with E-state index >= 15 is 0 Å². The Morgan fingerprint density at radius 2 is 2.00 bits per heavy atom. The van der Waals surface area contributed by atoms with Crippen molar-refractivity contribution in [3.8, 4) is 0 Å². The Morgan fingerprint density at radius 1 is 1.32 bits per heavy atom. The lowest BCUT2D eigenvalue weighted by Crippen LogP contribution is -2.45. The predicted molar refractivity (Wildman–Crippen MR) is 83.2 cm³/mol. The SMILES string of the molecule is CC(C)[C@@H](C(=O)O)N(C)C(=O)CCCCCN1CC=CC1=O. The topological polar surface area (TPSA) is 77.9 Å². The molecule has 0 aliphatic carbocycles. The third-order valence-electron chi connectivity index (χ3n) is 3.91. The quantitative estimate of drug-likeness (QED) is 0.655. The van der Waals surface area contributed by atoms with Crippen LogP contribution < -0.4 is 0 Å². The second kappa shape index (κ2) is 8.56. The summed E-state index contributed by atoms with van der Waals surface area (Å²) in [5.74, 6) is -1.18. The monoisotopic (exact) mass is 310 g/mol. The van der Waals surface area contributed by atoms with E-state index in [1.54, 1.807) is 31.9 Å². The zero-order valence-electron chi connectivity index (χ0n) is 13.6. The maximum atomic E-state index is 12.1. The van der Waals surface area contributed by atoms with Gasteiger partial charge < -0.3 is 14.9 Å². The molecule has 1 rings (SSSR count). The molecule has 22 heavy (non-hydrogen) atoms. The number of rotatable bonds is 9. The van der Waals surface area contributed by atoms with Crippen LogP contribution in [0.3, 0.4) is 0 Å². The molecule has 2 amide bonds. The maximum Gasteiger partial charge on any atom is 0.326 e. The largest absolute Gasteiger partial charge is 0.480 e. The maximum absolute atomic E-state index is 12.1. The van der Waals surface area contributed by atoms with Gasteiger partial charge in [0, 0.05) is 32.6 Å². The van der Waals surface area contributed by atoms with Gasteiger partial charge in [-0.15, -0.1) is 0 Å². The molecule has 0 radical (unpaired) electrons. The van der Waals surface area contributed by atoms with Crippen molar-refractivity contribution < 1.29 is 19.5 Å². The Morgan fingerprint density at radius 3 is 2.50 bits per heavy atom. The normalized spacial score (nSPS) is 15.5. The van der Waals surface area contributed by atoms with Gasteiger partial charge in [-0.05, 0) is 18.8 Å². The Bertz CT molecular complexity index is 445. The molecule has 1 atom stereocenters. The van der Waals surface area contributed by atoms with Gasteiger partial charge in [0.05, 0.1) is 0 Å². The summed E-state index contributed by atoms with van der Waals surface area (Å²) in [7, 11) is 1.55. The van der Waals surface area contributed by atoms with Crippen LogP contribution >= 0.6 is 0 Å². The molecule has 124 valence electrons. The Labute approximate surface area is 131 Å². The number of carboxylic acids is 1. The fourth-order valence-electron chi connectivity index (χ4n) is 2.66. The van der Waals surface area contributed by atoms with Crippen LogP contribution in [0, 0.1) is 5.92 Å². The third-order valence-corrected chi connectivity index (χ3v) is 3.91. The Kier molecular flexibility index (Phi) is 7.08. The Balaban J connectivity index is 2.24. The van der Waals surface area contributed by atoms with Crippen LogP contribution in [-0.4, -0.2) is 58.9 Å². The number of hydrogen-bond acceptors (Lipinski definition) is 3. The van der Waals surface area contributed by atoms with Crippen molar-refractivity contribution in [3.63, 3.8) is 0 Å². The van der Waals surface area contributed by atoms with E-state index in [1.165, 1.54) is 4.90 Å². The molecule has 1 N–H and O–H groups in total. The lowest BCUT2D eigenvalue weighted by atomic mass is 10.0. The first-order valence-electron chi connectivity index (χ1n) is 7.78. The van der Waals surface area contributed by atoms with Gasteiger partial charge in [0.2, 0.25) is 11.8 Å². The minimum absolute atomic E-state index is 0.0528. The highest BCUT2D eigenvalue weighted by Gasteiger charge is 2.28. The van der Waals surface area contributed by atoms with Gasteiger partial charge in [-0.2, -0.15) is 0 Å². The van der Waals surface area contributed by atoms with Gasteiger partial charge in [-0.25, -0.2) is 4.79 Å². The third kappa shape index (κ3) is 5.16. The summed E-state index contributed by atoms with van der Waals surface area (Å²) in [6.45, 7) is 4.97. The minimum Gasteiger partial charge on any atom is -0.480 e. The average molecular weight is 310 g/mol. The molecule has 1 aliphatic rings. The Hall–Kier alpha value is -1.85. The standard InChI is InChI=1S/C16H26N2O4/c1-12(2)15(16(21)22)17(3)13(19)8-5-4-6-10-18-11-7-9-14(18)20/h7,9,12,15H,4-6,8,10-11H2,1-3H3,(H,21,22)/t15-/m0/s1. The van der Waals surface area contributed by atoms with Gasteiger partial charge in [-0.3, -0.25) is 9.59 Å². The fourth-order valence-corrected chi connectivity index (χ4v) is 2.66. The van der Waals surface area contributed by atoms with E-state index in [-0.39, 0.29) is 17.7 Å². The van der Waals surface area contributed by atoms with E-state index in [1.807, 2.05) is 6.08 Å². The first kappa shape index (κ1) is 18.2. The number of likely N-dealkylation sites (N-methyl/N-ethyl adjacent to an activating group) is 1. The van der Waals surface area contributed by atoms with Gasteiger partial charge in [0.15, 0.2) is 0 Å². The molecular weight excluding hydrogens is 284 g/mol. The van der Waals surface area contributed by atoms with Crippen molar-refractivity contribution in [2.75, 3.05) is 20.1 Å². The molecule has 1 heterocycles. The first-order chi connectivity index (χ1) is 10.3. The smallest absolute Gasteiger partial charge is 0.326 e. The van der Waals surface area contributed by atoms with Gasteiger partial charge in [-0.1, -0.05) is 26.3 Å². The van der Waals surface area contributed by atoms with Crippen LogP contribution in [0.2, 0.25) is 0 Å². The van der Waals surface area contributed by atoms with Crippen LogP contribution in [0.5, 0.6) is 0 Å². The number of nitrogens with zero attached hydrogens (tertiary/aromatic N) is 2. The van der Waals surface area contributed by atoms with Crippen molar-refractivity contribution in [2.45, 2.75) is 45.6 Å². The van der Waals surface area contributed by atoms with Crippen LogP contribution in [0.1, 0.15) is 39.5 Å². The zero-order chi connectivity index (χ0) is 16.7. The van der Waals surface area contributed by atoms with Crippen LogP contribution in [0.4, 0.5) is 0 Å². The lowest BCUT2D eigenvalue weighted by molar-refractivity contribution is -0.151. The van der Waals surface area contributed by atoms with E-state index in [9.17, 15) is 19.5 Å². The number of carbonyl (C=O) groups is 3. The lowest BCUT2D eigenvalue weighted by Gasteiger charge is -2.27. The molecule has 0 saturated carbocycles. The second-order valence-corrected chi connectivity index (χ2v) is 6.03. The van der Waals surface area contributed by atoms with E-state index < -0.39 is 12.0 Å². The highest BCUT2D eigenvalue weighted by atomic mass is 16.4. The highest BCUT2D eigenvalue weighted by Crippen LogP contribution is 2.13. The minimum atomic E-state index is -0.967. The molecule has 0 spiro atoms. The fraction of sp³-hybridized carbons (Fsp3) is 0.688. The van der Waals surface area contributed by atoms with Gasteiger partial charge in [0.1, 0.15) is 6.04 Å². The summed E-state index contributed by atoms with van der Waals surface area (Å²) in [4.78, 5) is 37.7. The summed E-state index contributed by atoms with van der Waals surface area (Å²) in [6, 6.07) is -0.777. The molecule has 6 nitrogen and oxygen atoms in total. The summed E-state index contributed by atoms with van der Waals surface area (Å²) < 4.78 is 0. The number of hydrogen-bond donors (Lipinski definition) is 1. The molecule has 6 heteroatoms. The van der Waals surface area contributed by atoms with E-state index in [4.69, 9.17) is 0 Å². The summed E-state index contributed by atoms with van der Waals surface area (Å²) >= 11 is 0. The van der Waals surface area contributed by atoms with E-state index in [2.05, 4.69) is 0 Å². The number of unbranched alkanes of at least 4 members (excludes halogenated alkanes) is 2. The number of aliphatic carboxylic acids is 1. The average Bonchev–Trinajstić information content (AvgIpc) is 2.82. The molecule has 0 aromatic carbocycles.